The molecular weight excluding hydrogens is 306 g/mol. The fourth-order valence-electron chi connectivity index (χ4n) is 3.99. The first-order chi connectivity index (χ1) is 11.1. The molecule has 1 amide bonds. The van der Waals surface area contributed by atoms with Crippen molar-refractivity contribution in [2.45, 2.75) is 52.0 Å². The summed E-state index contributed by atoms with van der Waals surface area (Å²) >= 11 is 1.78. The highest BCUT2D eigenvalue weighted by Gasteiger charge is 2.31. The normalized spacial score (nSPS) is 20.8. The molecule has 2 aliphatic rings. The number of likely N-dealkylation sites (tertiary alicyclic amines) is 1. The van der Waals surface area contributed by atoms with Crippen molar-refractivity contribution < 1.29 is 4.79 Å². The SMILES string of the molecule is Cc1cc(C)n([C@@H]2CCN(C(=O)c3csc4c3CCCC4)C2)n1. The maximum Gasteiger partial charge on any atom is 0.255 e. The largest absolute Gasteiger partial charge is 0.336 e. The molecule has 23 heavy (non-hydrogen) atoms. The van der Waals surface area contributed by atoms with Crippen molar-refractivity contribution in [3.05, 3.63) is 38.8 Å². The summed E-state index contributed by atoms with van der Waals surface area (Å²) < 4.78 is 2.10. The molecule has 1 saturated heterocycles. The molecule has 2 aromatic rings. The molecule has 2 aromatic heterocycles. The van der Waals surface area contributed by atoms with Gasteiger partial charge in [0.1, 0.15) is 0 Å². The van der Waals surface area contributed by atoms with Crippen molar-refractivity contribution >= 4 is 17.2 Å². The van der Waals surface area contributed by atoms with E-state index >= 15 is 0 Å². The minimum atomic E-state index is 0.230. The molecule has 0 aromatic carbocycles. The summed E-state index contributed by atoms with van der Waals surface area (Å²) in [7, 11) is 0. The Morgan fingerprint density at radius 3 is 2.91 bits per heavy atom. The van der Waals surface area contributed by atoms with Gasteiger partial charge in [-0.1, -0.05) is 0 Å². The number of amides is 1. The van der Waals surface area contributed by atoms with E-state index in [4.69, 9.17) is 0 Å². The van der Waals surface area contributed by atoms with Crippen LogP contribution in [-0.4, -0.2) is 33.7 Å². The number of fused-ring (bicyclic) bond motifs is 1. The van der Waals surface area contributed by atoms with Crippen LogP contribution in [-0.2, 0) is 12.8 Å². The molecule has 4 rings (SSSR count). The summed E-state index contributed by atoms with van der Waals surface area (Å²) in [5, 5.41) is 6.69. The van der Waals surface area contributed by atoms with Gasteiger partial charge in [0.25, 0.3) is 5.91 Å². The average Bonchev–Trinajstić information content (AvgIpc) is 3.24. The topological polar surface area (TPSA) is 38.1 Å². The maximum absolute atomic E-state index is 12.9. The minimum absolute atomic E-state index is 0.230. The Balaban J connectivity index is 1.52. The van der Waals surface area contributed by atoms with E-state index in [0.29, 0.717) is 6.04 Å². The van der Waals surface area contributed by atoms with Crippen molar-refractivity contribution in [1.29, 1.82) is 0 Å². The number of aryl methyl sites for hydroxylation is 3. The quantitative estimate of drug-likeness (QED) is 0.845. The van der Waals surface area contributed by atoms with Crippen molar-refractivity contribution in [3.8, 4) is 0 Å². The summed E-state index contributed by atoms with van der Waals surface area (Å²) in [4.78, 5) is 16.4. The fraction of sp³-hybridized carbons (Fsp3) is 0.556. The van der Waals surface area contributed by atoms with Gasteiger partial charge in [0, 0.05) is 29.0 Å². The van der Waals surface area contributed by atoms with E-state index in [1.165, 1.54) is 29.0 Å². The number of hydrogen-bond donors (Lipinski definition) is 0. The van der Waals surface area contributed by atoms with Crippen LogP contribution in [0.15, 0.2) is 11.4 Å². The highest BCUT2D eigenvalue weighted by molar-refractivity contribution is 7.10. The lowest BCUT2D eigenvalue weighted by Crippen LogP contribution is -2.30. The summed E-state index contributed by atoms with van der Waals surface area (Å²) in [6, 6.07) is 2.43. The molecule has 1 aliphatic heterocycles. The molecule has 3 heterocycles. The van der Waals surface area contributed by atoms with Crippen LogP contribution in [0.4, 0.5) is 0 Å². The molecule has 1 aliphatic carbocycles. The Labute approximate surface area is 141 Å². The zero-order valence-electron chi connectivity index (χ0n) is 13.8. The molecule has 5 heteroatoms. The second kappa shape index (κ2) is 5.78. The molecule has 0 saturated carbocycles. The number of nitrogens with zero attached hydrogens (tertiary/aromatic N) is 3. The lowest BCUT2D eigenvalue weighted by molar-refractivity contribution is 0.0786. The third-order valence-corrected chi connectivity index (χ3v) is 6.22. The molecule has 0 radical (unpaired) electrons. The number of rotatable bonds is 2. The van der Waals surface area contributed by atoms with Crippen molar-refractivity contribution in [2.24, 2.45) is 0 Å². The van der Waals surface area contributed by atoms with Gasteiger partial charge >= 0.3 is 0 Å². The van der Waals surface area contributed by atoms with Crippen LogP contribution in [0.25, 0.3) is 0 Å². The van der Waals surface area contributed by atoms with Crippen molar-refractivity contribution in [2.75, 3.05) is 13.1 Å². The van der Waals surface area contributed by atoms with Gasteiger partial charge in [-0.3, -0.25) is 9.48 Å². The Morgan fingerprint density at radius 1 is 1.30 bits per heavy atom. The van der Waals surface area contributed by atoms with Gasteiger partial charge < -0.3 is 4.90 Å². The molecule has 1 atom stereocenters. The molecule has 0 N–H and O–H groups in total. The first kappa shape index (κ1) is 14.9. The summed E-state index contributed by atoms with van der Waals surface area (Å²) in [5.74, 6) is 0.230. The number of thiophene rings is 1. The monoisotopic (exact) mass is 329 g/mol. The van der Waals surface area contributed by atoms with E-state index in [1.807, 2.05) is 11.8 Å². The fourth-order valence-corrected chi connectivity index (χ4v) is 5.10. The van der Waals surface area contributed by atoms with Gasteiger partial charge in [0.15, 0.2) is 0 Å². The van der Waals surface area contributed by atoms with Crippen LogP contribution in [0.1, 0.15) is 57.5 Å². The molecule has 1 fully saturated rings. The second-order valence-electron chi connectivity index (χ2n) is 6.82. The molecule has 122 valence electrons. The lowest BCUT2D eigenvalue weighted by atomic mass is 9.95. The number of carbonyl (C=O) groups excluding carboxylic acids is 1. The highest BCUT2D eigenvalue weighted by atomic mass is 32.1. The molecule has 4 nitrogen and oxygen atoms in total. The first-order valence-corrected chi connectivity index (χ1v) is 9.42. The van der Waals surface area contributed by atoms with Gasteiger partial charge in [-0.15, -0.1) is 11.3 Å². The van der Waals surface area contributed by atoms with Gasteiger partial charge in [0.05, 0.1) is 17.3 Å². The van der Waals surface area contributed by atoms with Crippen LogP contribution >= 0.6 is 11.3 Å². The van der Waals surface area contributed by atoms with Crippen LogP contribution in [0, 0.1) is 13.8 Å². The van der Waals surface area contributed by atoms with Gasteiger partial charge in [-0.2, -0.15) is 5.10 Å². The molecule has 0 unspecified atom stereocenters. The molecular formula is C18H23N3OS. The van der Waals surface area contributed by atoms with Gasteiger partial charge in [-0.25, -0.2) is 0 Å². The minimum Gasteiger partial charge on any atom is -0.336 e. The summed E-state index contributed by atoms with van der Waals surface area (Å²) in [6.45, 7) is 5.75. The molecule has 0 spiro atoms. The number of aromatic nitrogens is 2. The van der Waals surface area contributed by atoms with Gasteiger partial charge in [0.2, 0.25) is 0 Å². The van der Waals surface area contributed by atoms with Crippen molar-refractivity contribution in [3.63, 3.8) is 0 Å². The van der Waals surface area contributed by atoms with E-state index in [-0.39, 0.29) is 5.91 Å². The average molecular weight is 329 g/mol. The Hall–Kier alpha value is -1.62. The maximum atomic E-state index is 12.9. The Bertz CT molecular complexity index is 746. The van der Waals surface area contributed by atoms with E-state index in [9.17, 15) is 4.79 Å². The van der Waals surface area contributed by atoms with Crippen LogP contribution < -0.4 is 0 Å². The highest BCUT2D eigenvalue weighted by Crippen LogP contribution is 2.32. The third kappa shape index (κ3) is 2.61. The van der Waals surface area contributed by atoms with Crippen molar-refractivity contribution in [1.82, 2.24) is 14.7 Å². The Kier molecular flexibility index (Phi) is 3.76. The van der Waals surface area contributed by atoms with E-state index < -0.39 is 0 Å². The van der Waals surface area contributed by atoms with Gasteiger partial charge in [-0.05, 0) is 57.6 Å². The number of hydrogen-bond acceptors (Lipinski definition) is 3. The van der Waals surface area contributed by atoms with Crippen LogP contribution in [0.2, 0.25) is 0 Å². The summed E-state index contributed by atoms with van der Waals surface area (Å²) in [5.41, 5.74) is 4.55. The zero-order valence-corrected chi connectivity index (χ0v) is 14.7. The standard InChI is InChI=1S/C18H23N3OS/c1-12-9-13(2)21(19-12)14-7-8-20(10-14)18(22)16-11-23-17-6-4-3-5-15(16)17/h9,11,14H,3-8,10H2,1-2H3/t14-/m1/s1. The Morgan fingerprint density at radius 2 is 2.13 bits per heavy atom. The van der Waals surface area contributed by atoms with Crippen LogP contribution in [0.5, 0.6) is 0 Å². The predicted octanol–water partition coefficient (Wildman–Crippen LogP) is 3.53. The zero-order chi connectivity index (χ0) is 16.0. The molecule has 0 bridgehead atoms. The smallest absolute Gasteiger partial charge is 0.255 e. The number of carbonyl (C=O) groups is 1. The van der Waals surface area contributed by atoms with E-state index in [1.54, 1.807) is 11.3 Å². The van der Waals surface area contributed by atoms with Crippen LogP contribution in [0.3, 0.4) is 0 Å². The lowest BCUT2D eigenvalue weighted by Gasteiger charge is -2.19. The van der Waals surface area contributed by atoms with E-state index in [2.05, 4.69) is 28.2 Å². The first-order valence-electron chi connectivity index (χ1n) is 8.55. The third-order valence-electron chi connectivity index (χ3n) is 5.13. The second-order valence-corrected chi connectivity index (χ2v) is 7.79. The summed E-state index contributed by atoms with van der Waals surface area (Å²) in [6.07, 6.45) is 5.72. The predicted molar refractivity (Wildman–Crippen MR) is 92.2 cm³/mol. The van der Waals surface area contributed by atoms with E-state index in [0.717, 1.165) is 43.6 Å².